The number of carbonyl (C=O) groups excluding carboxylic acids is 3. The number of anilines is 2. The van der Waals surface area contributed by atoms with E-state index in [0.29, 0.717) is 32.2 Å². The van der Waals surface area contributed by atoms with Gasteiger partial charge in [0.2, 0.25) is 17.7 Å². The first-order valence-electron chi connectivity index (χ1n) is 11.6. The molecule has 0 aromatic carbocycles. The molecule has 2 fully saturated rings. The molecule has 1 saturated carbocycles. The zero-order valence-electron chi connectivity index (χ0n) is 18.9. The van der Waals surface area contributed by atoms with Crippen LogP contribution in [-0.2, 0) is 20.9 Å². The number of aromatic amines is 1. The van der Waals surface area contributed by atoms with E-state index in [0.717, 1.165) is 30.6 Å². The number of imide groups is 1. The minimum Gasteiger partial charge on any atom is -0.383 e. The van der Waals surface area contributed by atoms with E-state index in [9.17, 15) is 24.0 Å². The number of hydrogen-bond donors (Lipinski definition) is 2. The number of amides is 3. The molecule has 3 rings (SSSR count). The highest BCUT2D eigenvalue weighted by Gasteiger charge is 2.48. The third-order valence-corrected chi connectivity index (χ3v) is 6.48. The second-order valence-electron chi connectivity index (χ2n) is 8.66. The molecule has 0 radical (unpaired) electrons. The quantitative estimate of drug-likeness (QED) is 0.546. The van der Waals surface area contributed by atoms with E-state index < -0.39 is 23.7 Å². The highest BCUT2D eigenvalue weighted by atomic mass is 16.2. The van der Waals surface area contributed by atoms with Gasteiger partial charge in [-0.1, -0.05) is 39.5 Å². The highest BCUT2D eigenvalue weighted by molar-refractivity contribution is 6.09. The molecule has 2 atom stereocenters. The topological polar surface area (TPSA) is 139 Å². The summed E-state index contributed by atoms with van der Waals surface area (Å²) in [5, 5.41) is 0. The molecule has 1 aliphatic carbocycles. The van der Waals surface area contributed by atoms with Crippen LogP contribution in [0.3, 0.4) is 0 Å². The van der Waals surface area contributed by atoms with Crippen molar-refractivity contribution >= 4 is 29.2 Å². The Morgan fingerprint density at radius 3 is 2.19 bits per heavy atom. The Kier molecular flexibility index (Phi) is 7.52. The van der Waals surface area contributed by atoms with E-state index >= 15 is 0 Å². The number of rotatable bonds is 9. The van der Waals surface area contributed by atoms with Gasteiger partial charge in [0, 0.05) is 13.1 Å². The van der Waals surface area contributed by atoms with Gasteiger partial charge in [0.1, 0.15) is 12.4 Å². The lowest BCUT2D eigenvalue weighted by Gasteiger charge is -2.26. The molecule has 0 bridgehead atoms. The van der Waals surface area contributed by atoms with Crippen molar-refractivity contribution in [1.82, 2.24) is 14.5 Å². The van der Waals surface area contributed by atoms with E-state index in [1.807, 2.05) is 13.8 Å². The third-order valence-electron chi connectivity index (χ3n) is 6.48. The van der Waals surface area contributed by atoms with Gasteiger partial charge in [-0.15, -0.1) is 0 Å². The predicted octanol–water partition coefficient (Wildman–Crippen LogP) is 1.23. The van der Waals surface area contributed by atoms with Crippen molar-refractivity contribution in [3.8, 4) is 0 Å². The average Bonchev–Trinajstić information content (AvgIpc) is 3.00. The Hall–Kier alpha value is -2.91. The predicted molar refractivity (Wildman–Crippen MR) is 120 cm³/mol. The molecule has 1 saturated heterocycles. The summed E-state index contributed by atoms with van der Waals surface area (Å²) in [7, 11) is 0. The zero-order valence-corrected chi connectivity index (χ0v) is 18.9. The van der Waals surface area contributed by atoms with E-state index in [1.165, 1.54) is 9.47 Å². The van der Waals surface area contributed by atoms with E-state index in [-0.39, 0.29) is 41.7 Å². The Morgan fingerprint density at radius 2 is 1.62 bits per heavy atom. The second-order valence-corrected chi connectivity index (χ2v) is 8.66. The Labute approximate surface area is 186 Å². The van der Waals surface area contributed by atoms with E-state index in [2.05, 4.69) is 4.98 Å². The molecule has 176 valence electrons. The largest absolute Gasteiger partial charge is 0.383 e. The molecule has 2 aliphatic rings. The van der Waals surface area contributed by atoms with Crippen LogP contribution in [0.25, 0.3) is 0 Å². The average molecular weight is 448 g/mol. The fourth-order valence-corrected chi connectivity index (χ4v) is 4.66. The molecule has 1 aromatic rings. The zero-order chi connectivity index (χ0) is 23.4. The number of nitrogens with two attached hydrogens (primary N) is 1. The van der Waals surface area contributed by atoms with Crippen LogP contribution >= 0.6 is 0 Å². The fourth-order valence-electron chi connectivity index (χ4n) is 4.66. The number of fused-ring (bicyclic) bond motifs is 1. The van der Waals surface area contributed by atoms with Crippen LogP contribution in [0.5, 0.6) is 0 Å². The minimum atomic E-state index is -0.752. The normalized spacial score (nSPS) is 20.5. The molecule has 1 aliphatic heterocycles. The second kappa shape index (κ2) is 10.1. The molecule has 0 spiro atoms. The molecule has 1 aromatic heterocycles. The molecular weight excluding hydrogens is 414 g/mol. The van der Waals surface area contributed by atoms with Crippen LogP contribution < -0.4 is 21.9 Å². The number of nitrogens with one attached hydrogen (secondary N) is 1. The third kappa shape index (κ3) is 4.49. The number of H-pyrrole nitrogens is 1. The van der Waals surface area contributed by atoms with Crippen LogP contribution in [-0.4, -0.2) is 45.3 Å². The Morgan fingerprint density at radius 1 is 1.03 bits per heavy atom. The van der Waals surface area contributed by atoms with Gasteiger partial charge >= 0.3 is 5.69 Å². The molecule has 3 amide bonds. The molecule has 0 unspecified atom stereocenters. The van der Waals surface area contributed by atoms with Crippen molar-refractivity contribution in [3.63, 3.8) is 0 Å². The number of unbranched alkanes of at least 4 members (excludes halogenated alkanes) is 2. The summed E-state index contributed by atoms with van der Waals surface area (Å²) in [6.07, 6.45) is 5.96. The van der Waals surface area contributed by atoms with Gasteiger partial charge in [-0.2, -0.15) is 0 Å². The lowest BCUT2D eigenvalue weighted by Crippen LogP contribution is -2.47. The van der Waals surface area contributed by atoms with Gasteiger partial charge in [-0.3, -0.25) is 33.6 Å². The summed E-state index contributed by atoms with van der Waals surface area (Å²) in [5.41, 5.74) is 4.72. The minimum absolute atomic E-state index is 0.0793. The summed E-state index contributed by atoms with van der Waals surface area (Å²) < 4.78 is 1.26. The Balaban J connectivity index is 1.92. The maximum atomic E-state index is 13.3. The van der Waals surface area contributed by atoms with E-state index in [1.54, 1.807) is 0 Å². The van der Waals surface area contributed by atoms with Crippen LogP contribution in [0, 0.1) is 11.8 Å². The van der Waals surface area contributed by atoms with Crippen LogP contribution in [0.4, 0.5) is 11.5 Å². The molecule has 10 heteroatoms. The monoisotopic (exact) mass is 447 g/mol. The Bertz CT molecular complexity index is 973. The first-order valence-corrected chi connectivity index (χ1v) is 11.6. The maximum Gasteiger partial charge on any atom is 0.330 e. The first kappa shape index (κ1) is 23.7. The highest BCUT2D eigenvalue weighted by Crippen LogP contribution is 2.38. The van der Waals surface area contributed by atoms with Crippen molar-refractivity contribution in [2.24, 2.45) is 11.8 Å². The smallest absolute Gasteiger partial charge is 0.330 e. The molecule has 10 nitrogen and oxygen atoms in total. The molecular formula is C22H33N5O5. The SMILES string of the molecule is CCCCN(C(=O)CN1C(=O)[C@@H]2CCCC[C@H]2C1=O)c1c(N)n(CCCC)c(=O)[nH]c1=O. The summed E-state index contributed by atoms with van der Waals surface area (Å²) >= 11 is 0. The lowest BCUT2D eigenvalue weighted by molar-refractivity contribution is -0.143. The fraction of sp³-hybridized carbons (Fsp3) is 0.682. The van der Waals surface area contributed by atoms with Crippen molar-refractivity contribution in [2.75, 3.05) is 23.7 Å². The van der Waals surface area contributed by atoms with Gasteiger partial charge in [0.25, 0.3) is 5.56 Å². The van der Waals surface area contributed by atoms with Gasteiger partial charge in [-0.25, -0.2) is 4.79 Å². The summed E-state index contributed by atoms with van der Waals surface area (Å²) in [6, 6.07) is 0. The summed E-state index contributed by atoms with van der Waals surface area (Å²) in [5.74, 6) is -1.95. The maximum absolute atomic E-state index is 13.3. The van der Waals surface area contributed by atoms with Crippen LogP contribution in [0.1, 0.15) is 65.2 Å². The van der Waals surface area contributed by atoms with Gasteiger partial charge < -0.3 is 10.6 Å². The van der Waals surface area contributed by atoms with Crippen molar-refractivity contribution < 1.29 is 14.4 Å². The molecule has 32 heavy (non-hydrogen) atoms. The van der Waals surface area contributed by atoms with E-state index in [4.69, 9.17) is 5.73 Å². The number of carbonyl (C=O) groups is 3. The van der Waals surface area contributed by atoms with Crippen LogP contribution in [0.15, 0.2) is 9.59 Å². The number of hydrogen-bond acceptors (Lipinski definition) is 6. The van der Waals surface area contributed by atoms with Gasteiger partial charge in [0.05, 0.1) is 11.8 Å². The first-order chi connectivity index (χ1) is 15.3. The van der Waals surface area contributed by atoms with Crippen molar-refractivity contribution in [2.45, 2.75) is 71.8 Å². The standard InChI is InChI=1S/C22H33N5O5/c1-3-5-11-25(17-18(23)26(12-6-4-2)22(32)24-19(17)29)16(28)13-27-20(30)14-9-7-8-10-15(14)21(27)31/h14-15H,3-13,23H2,1-2H3,(H,24,29,32)/t14-,15-/m1/s1. The van der Waals surface area contributed by atoms with Crippen LogP contribution in [0.2, 0.25) is 0 Å². The number of nitrogen functional groups attached to an aromatic ring is 1. The number of nitrogens with zero attached hydrogens (tertiary/aromatic N) is 3. The molecule has 3 N–H and O–H groups in total. The van der Waals surface area contributed by atoms with Gasteiger partial charge in [0.15, 0.2) is 5.69 Å². The van der Waals surface area contributed by atoms with Crippen molar-refractivity contribution in [1.29, 1.82) is 0 Å². The van der Waals surface area contributed by atoms with Gasteiger partial charge in [-0.05, 0) is 25.7 Å². The van der Waals surface area contributed by atoms with Crippen molar-refractivity contribution in [3.05, 3.63) is 20.8 Å². The lowest BCUT2D eigenvalue weighted by atomic mass is 9.81. The number of aromatic nitrogens is 2. The molecule has 2 heterocycles. The number of likely N-dealkylation sites (tertiary alicyclic amines) is 1. The summed E-state index contributed by atoms with van der Waals surface area (Å²) in [4.78, 5) is 68.4. The summed E-state index contributed by atoms with van der Waals surface area (Å²) in [6.45, 7) is 3.98.